The van der Waals surface area contributed by atoms with Crippen molar-refractivity contribution in [1.82, 2.24) is 36.6 Å². The van der Waals surface area contributed by atoms with Crippen molar-refractivity contribution in [2.75, 3.05) is 13.1 Å². The number of nitrogens with two attached hydrogens (primary N) is 3. The molecule has 1 fully saturated rings. The minimum atomic E-state index is -1.40. The van der Waals surface area contributed by atoms with Crippen molar-refractivity contribution in [2.24, 2.45) is 39.9 Å². The van der Waals surface area contributed by atoms with Crippen LogP contribution >= 0.6 is 0 Å². The molecule has 1 saturated heterocycles. The number of imidazole rings is 1. The van der Waals surface area contributed by atoms with Gasteiger partial charge in [0.05, 0.1) is 12.4 Å². The van der Waals surface area contributed by atoms with Gasteiger partial charge in [0, 0.05) is 81.8 Å². The number of primary amides is 1. The molecule has 0 aliphatic carbocycles. The highest BCUT2D eigenvalue weighted by atomic mass is 16.2. The maximum Gasteiger partial charge on any atom is 0.243 e. The van der Waals surface area contributed by atoms with Gasteiger partial charge in [-0.2, -0.15) is 0 Å². The first-order valence-corrected chi connectivity index (χ1v) is 25.4. The fourth-order valence-electron chi connectivity index (χ4n) is 9.19. The molecule has 0 spiro atoms. The summed E-state index contributed by atoms with van der Waals surface area (Å²) in [5, 5.41) is 15.5. The third kappa shape index (κ3) is 18.4. The Morgan fingerprint density at radius 1 is 0.824 bits per heavy atom. The number of Topliss-reactive ketones (excluding diaryl/α,β-unsaturated/α-hetero) is 3. The van der Waals surface area contributed by atoms with E-state index in [9.17, 15) is 43.2 Å². The molecular formula is C54H71N11O9. The molecule has 74 heavy (non-hydrogen) atoms. The van der Waals surface area contributed by atoms with Gasteiger partial charge in [-0.1, -0.05) is 92.6 Å². The number of unbranched alkanes of at least 4 members (excludes halogenated alkanes) is 1. The van der Waals surface area contributed by atoms with Gasteiger partial charge < -0.3 is 48.8 Å². The van der Waals surface area contributed by atoms with Gasteiger partial charge in [0.2, 0.25) is 35.4 Å². The lowest BCUT2D eigenvalue weighted by atomic mass is 9.81. The van der Waals surface area contributed by atoms with Gasteiger partial charge in [0.1, 0.15) is 29.7 Å². The molecule has 20 nitrogen and oxygen atoms in total. The maximum absolute atomic E-state index is 14.7. The van der Waals surface area contributed by atoms with Crippen molar-refractivity contribution >= 4 is 69.5 Å². The first kappa shape index (κ1) is 57.1. The van der Waals surface area contributed by atoms with Crippen molar-refractivity contribution < 1.29 is 43.2 Å². The van der Waals surface area contributed by atoms with Gasteiger partial charge in [-0.15, -0.1) is 0 Å². The lowest BCUT2D eigenvalue weighted by molar-refractivity contribution is -0.135. The van der Waals surface area contributed by atoms with E-state index in [1.165, 1.54) is 19.4 Å². The van der Waals surface area contributed by atoms with E-state index in [0.29, 0.717) is 24.1 Å². The van der Waals surface area contributed by atoms with Gasteiger partial charge in [-0.25, -0.2) is 4.98 Å². The smallest absolute Gasteiger partial charge is 0.243 e. The Bertz CT molecular complexity index is 2600. The molecule has 0 saturated carbocycles. The van der Waals surface area contributed by atoms with Gasteiger partial charge in [0.25, 0.3) is 0 Å². The topological polar surface area (TPSA) is 333 Å². The molecule has 1 aromatic heterocycles. The van der Waals surface area contributed by atoms with Crippen LogP contribution in [-0.2, 0) is 62.4 Å². The summed E-state index contributed by atoms with van der Waals surface area (Å²) in [5.41, 5.74) is 19.1. The number of guanidine groups is 1. The lowest BCUT2D eigenvalue weighted by Crippen LogP contribution is -2.58. The third-order valence-corrected chi connectivity index (χ3v) is 13.3. The number of ketones is 3. The van der Waals surface area contributed by atoms with E-state index in [2.05, 4.69) is 41.5 Å². The predicted octanol–water partition coefficient (Wildman–Crippen LogP) is 2.31. The molecule has 0 radical (unpaired) electrons. The second-order valence-electron chi connectivity index (χ2n) is 19.0. The highest BCUT2D eigenvalue weighted by Gasteiger charge is 2.35. The van der Waals surface area contributed by atoms with E-state index in [-0.39, 0.29) is 96.1 Å². The molecule has 4 aromatic rings. The molecule has 2 heterocycles. The summed E-state index contributed by atoms with van der Waals surface area (Å²) in [6.45, 7) is 3.22. The van der Waals surface area contributed by atoms with Crippen LogP contribution in [-0.4, -0.2) is 106 Å². The van der Waals surface area contributed by atoms with Gasteiger partial charge in [0.15, 0.2) is 11.7 Å². The third-order valence-electron chi connectivity index (χ3n) is 13.3. The molecular weight excluding hydrogens is 947 g/mol. The summed E-state index contributed by atoms with van der Waals surface area (Å²) in [6, 6.07) is 17.2. The summed E-state index contributed by atoms with van der Waals surface area (Å²) in [4.78, 5) is 137. The van der Waals surface area contributed by atoms with E-state index in [0.717, 1.165) is 16.3 Å². The standard InChI is InChI=1S/C54H71N11O9/c1-3-4-19-42(62-33(2)66)51(72)63-43-20-21-49(70)59-24-22-38(47(68)29-39(50(55)71)26-36-16-10-15-35-14-8-9-18-41(35)36)27-46(67)37(17-11-23-60-54(56)57)28-48(69)44(25-34-12-6-5-7-13-34)64-53(74)45(65-52(43)73)30-40-31-58-32-61-40/h5-10,12-16,18,31-32,37-39,42-45H,3-4,11,17,19-30H2,1-2H3,(H2,55,71)(H,58,61)(H,59,70)(H,62,66)(H,63,72)(H,64,74)(H,65,73)(H4,56,57,60)/t37-,38-,39-,42+,43+,44-,45+/m1/s1. The van der Waals surface area contributed by atoms with E-state index in [4.69, 9.17) is 17.2 Å². The van der Waals surface area contributed by atoms with Crippen LogP contribution in [0.15, 0.2) is 90.3 Å². The summed E-state index contributed by atoms with van der Waals surface area (Å²) >= 11 is 0. The summed E-state index contributed by atoms with van der Waals surface area (Å²) < 4.78 is 0. The van der Waals surface area contributed by atoms with Crippen molar-refractivity contribution in [1.29, 1.82) is 0 Å². The van der Waals surface area contributed by atoms with Crippen molar-refractivity contribution in [3.05, 3.63) is 102 Å². The Balaban J connectivity index is 1.52. The zero-order chi connectivity index (χ0) is 53.6. The molecule has 1 aliphatic heterocycles. The van der Waals surface area contributed by atoms with E-state index in [1.807, 2.05) is 49.4 Å². The largest absolute Gasteiger partial charge is 0.370 e. The monoisotopic (exact) mass is 1020 g/mol. The zero-order valence-electron chi connectivity index (χ0n) is 42.2. The molecule has 396 valence electrons. The minimum absolute atomic E-state index is 0.00608. The van der Waals surface area contributed by atoms with Crippen LogP contribution in [0.1, 0.15) is 101 Å². The molecule has 7 atom stereocenters. The number of carbonyl (C=O) groups excluding carboxylic acids is 9. The van der Waals surface area contributed by atoms with E-state index < -0.39 is 94.7 Å². The van der Waals surface area contributed by atoms with Crippen molar-refractivity contribution in [3.63, 3.8) is 0 Å². The Kier molecular flexibility index (Phi) is 22.4. The van der Waals surface area contributed by atoms with E-state index >= 15 is 0 Å². The van der Waals surface area contributed by atoms with Crippen LogP contribution in [0.4, 0.5) is 0 Å². The number of nitrogens with one attached hydrogen (secondary N) is 6. The number of benzene rings is 3. The van der Waals surface area contributed by atoms with E-state index in [1.54, 1.807) is 30.3 Å². The number of fused-ring (bicyclic) bond motifs is 1. The van der Waals surface area contributed by atoms with Crippen molar-refractivity contribution in [3.8, 4) is 0 Å². The van der Waals surface area contributed by atoms with Gasteiger partial charge in [-0.05, 0) is 66.8 Å². The number of hydrogen-bond donors (Lipinski definition) is 9. The summed E-state index contributed by atoms with van der Waals surface area (Å²) in [7, 11) is 0. The Morgan fingerprint density at radius 2 is 1.55 bits per heavy atom. The Labute approximate surface area is 431 Å². The molecule has 0 bridgehead atoms. The normalized spacial score (nSPS) is 20.3. The summed E-state index contributed by atoms with van der Waals surface area (Å²) in [5.74, 6) is -8.50. The minimum Gasteiger partial charge on any atom is -0.370 e. The van der Waals surface area contributed by atoms with Crippen LogP contribution in [0.3, 0.4) is 0 Å². The number of carbonyl (C=O) groups is 9. The van der Waals surface area contributed by atoms with Gasteiger partial charge >= 0.3 is 0 Å². The number of rotatable bonds is 20. The average molecular weight is 1020 g/mol. The number of nitrogens with zero attached hydrogens (tertiary/aromatic N) is 2. The second-order valence-corrected chi connectivity index (χ2v) is 19.0. The molecule has 6 amide bonds. The quantitative estimate of drug-likeness (QED) is 0.0350. The van der Waals surface area contributed by atoms with Crippen molar-refractivity contribution in [2.45, 2.75) is 128 Å². The zero-order valence-corrected chi connectivity index (χ0v) is 42.2. The van der Waals surface area contributed by atoms with Crippen LogP contribution in [0.5, 0.6) is 0 Å². The average Bonchev–Trinajstić information content (AvgIpc) is 3.89. The number of hydrogen-bond acceptors (Lipinski definition) is 11. The van der Waals surface area contributed by atoms with Crippen LogP contribution in [0.25, 0.3) is 10.8 Å². The summed E-state index contributed by atoms with van der Waals surface area (Å²) in [6.07, 6.45) is 3.22. The Hall–Kier alpha value is -7.77. The van der Waals surface area contributed by atoms with Crippen LogP contribution in [0, 0.1) is 17.8 Å². The number of amides is 6. The fourth-order valence-corrected chi connectivity index (χ4v) is 9.19. The highest BCUT2D eigenvalue weighted by molar-refractivity contribution is 5.98. The first-order chi connectivity index (χ1) is 35.5. The number of aromatic nitrogens is 2. The van der Waals surface area contributed by atoms with Crippen LogP contribution < -0.4 is 43.8 Å². The first-order valence-electron chi connectivity index (χ1n) is 25.4. The molecule has 1 aliphatic rings. The second kappa shape index (κ2) is 29.1. The molecule has 12 N–H and O–H groups in total. The highest BCUT2D eigenvalue weighted by Crippen LogP contribution is 2.27. The SMILES string of the molecule is CCCC[C@H](NC(C)=O)C(=O)N[C@H]1CCC(=O)NCC[C@@H](C(=O)C[C@@H](Cc2cccc3ccccc23)C(N)=O)CC(=O)[C@H](CCCN=C(N)N)CC(=O)[C@@H](Cc2ccccc2)NC(=O)[C@H](Cc2cnc[nH]2)NC1=O. The van der Waals surface area contributed by atoms with Crippen LogP contribution in [0.2, 0.25) is 0 Å². The molecule has 3 aromatic carbocycles. The molecule has 0 unspecified atom stereocenters. The molecule has 20 heteroatoms. The Morgan fingerprint density at radius 3 is 2.26 bits per heavy atom. The number of H-pyrrole nitrogens is 1. The molecule has 5 rings (SSSR count). The van der Waals surface area contributed by atoms with Gasteiger partial charge in [-0.3, -0.25) is 48.1 Å². The fraction of sp³-hybridized carbons (Fsp3) is 0.463. The number of aromatic amines is 1. The predicted molar refractivity (Wildman–Crippen MR) is 278 cm³/mol. The lowest BCUT2D eigenvalue weighted by Gasteiger charge is -2.27. The number of aliphatic imine (C=N–C) groups is 1. The maximum atomic E-state index is 14.7.